The van der Waals surface area contributed by atoms with Gasteiger partial charge >= 0.3 is 5.97 Å². The van der Waals surface area contributed by atoms with E-state index in [4.69, 9.17) is 5.11 Å². The summed E-state index contributed by atoms with van der Waals surface area (Å²) in [6.45, 7) is 0. The van der Waals surface area contributed by atoms with Crippen LogP contribution >= 0.6 is 0 Å². The molecule has 0 aromatic heterocycles. The van der Waals surface area contributed by atoms with E-state index < -0.39 is 53.8 Å². The van der Waals surface area contributed by atoms with Crippen molar-refractivity contribution >= 4 is 17.8 Å². The highest BCUT2D eigenvalue weighted by molar-refractivity contribution is 6.01. The van der Waals surface area contributed by atoms with E-state index in [0.29, 0.717) is 0 Å². The number of aromatic hydroxyl groups is 2. The lowest BCUT2D eigenvalue weighted by Crippen LogP contribution is -2.65. The third-order valence-corrected chi connectivity index (χ3v) is 4.21. The van der Waals surface area contributed by atoms with E-state index >= 15 is 0 Å². The van der Waals surface area contributed by atoms with Crippen LogP contribution in [0.5, 0.6) is 11.5 Å². The number of hydrogen-bond acceptors (Lipinski definition) is 8. The van der Waals surface area contributed by atoms with Gasteiger partial charge in [-0.15, -0.1) is 0 Å². The number of aliphatic hydroxyl groups excluding tert-OH is 2. The molecule has 0 aliphatic heterocycles. The molecule has 136 valence electrons. The van der Waals surface area contributed by atoms with E-state index in [1.165, 1.54) is 6.07 Å². The Morgan fingerprint density at radius 2 is 1.76 bits per heavy atom. The predicted molar refractivity (Wildman–Crippen MR) is 82.6 cm³/mol. The lowest BCUT2D eigenvalue weighted by Gasteiger charge is -2.44. The van der Waals surface area contributed by atoms with E-state index in [9.17, 15) is 40.2 Å². The summed E-state index contributed by atoms with van der Waals surface area (Å²) >= 11 is 0. The van der Waals surface area contributed by atoms with Crippen LogP contribution < -0.4 is 0 Å². The molecular formula is C16H18O9. The van der Waals surface area contributed by atoms with E-state index in [1.807, 2.05) is 0 Å². The third kappa shape index (κ3) is 3.49. The maximum absolute atomic E-state index is 12.3. The Labute approximate surface area is 141 Å². The van der Waals surface area contributed by atoms with Gasteiger partial charge in [0.2, 0.25) is 0 Å². The van der Waals surface area contributed by atoms with Crippen molar-refractivity contribution in [2.45, 2.75) is 36.3 Å². The highest BCUT2D eigenvalue weighted by Gasteiger charge is 2.58. The van der Waals surface area contributed by atoms with Crippen LogP contribution in [-0.4, -0.2) is 70.9 Å². The number of phenols is 2. The van der Waals surface area contributed by atoms with Crippen LogP contribution in [0.1, 0.15) is 18.4 Å². The molecule has 1 aromatic rings. The molecule has 0 amide bonds. The zero-order valence-corrected chi connectivity index (χ0v) is 12.9. The first kappa shape index (κ1) is 18.9. The molecule has 0 bridgehead atoms. The molecule has 7 N–H and O–H groups in total. The van der Waals surface area contributed by atoms with Crippen molar-refractivity contribution in [1.82, 2.24) is 0 Å². The highest BCUT2D eigenvalue weighted by atomic mass is 16.4. The van der Waals surface area contributed by atoms with Crippen molar-refractivity contribution < 1.29 is 45.3 Å². The number of ketones is 1. The minimum absolute atomic E-state index is 0.270. The first-order valence-electron chi connectivity index (χ1n) is 7.28. The van der Waals surface area contributed by atoms with E-state index in [1.54, 1.807) is 0 Å². The maximum Gasteiger partial charge on any atom is 0.335 e. The minimum Gasteiger partial charge on any atom is -0.504 e. The van der Waals surface area contributed by atoms with Gasteiger partial charge in [-0.2, -0.15) is 0 Å². The van der Waals surface area contributed by atoms with Crippen LogP contribution in [0.25, 0.3) is 6.08 Å². The van der Waals surface area contributed by atoms with Crippen molar-refractivity contribution in [2.75, 3.05) is 0 Å². The number of aliphatic hydroxyl groups is 4. The van der Waals surface area contributed by atoms with Gasteiger partial charge in [0.05, 0.1) is 6.10 Å². The van der Waals surface area contributed by atoms with Gasteiger partial charge in [0.15, 0.2) is 28.5 Å². The van der Waals surface area contributed by atoms with Crippen molar-refractivity contribution in [2.24, 2.45) is 0 Å². The zero-order valence-electron chi connectivity index (χ0n) is 12.9. The molecule has 1 aliphatic carbocycles. The molecule has 9 nitrogen and oxygen atoms in total. The Bertz CT molecular complexity index is 728. The zero-order chi connectivity index (χ0) is 19.0. The summed E-state index contributed by atoms with van der Waals surface area (Å²) in [4.78, 5) is 23.4. The van der Waals surface area contributed by atoms with Crippen LogP contribution in [0, 0.1) is 0 Å². The van der Waals surface area contributed by atoms with Crippen molar-refractivity contribution in [3.05, 3.63) is 29.8 Å². The highest BCUT2D eigenvalue weighted by Crippen LogP contribution is 2.37. The Balaban J connectivity index is 2.29. The number of benzene rings is 1. The normalized spacial score (nSPS) is 32.6. The lowest BCUT2D eigenvalue weighted by molar-refractivity contribution is -0.212. The SMILES string of the molecule is O=C(O)C1(O)C[C@@H](O)[C@H](O)[C@@](O)(C(=O)/C=C/c2ccc(O)c(O)c2)C1. The van der Waals surface area contributed by atoms with Crippen LogP contribution in [0.4, 0.5) is 0 Å². The number of phenolic OH excluding ortho intramolecular Hbond substituents is 2. The summed E-state index contributed by atoms with van der Waals surface area (Å²) in [6, 6.07) is 3.64. The van der Waals surface area contributed by atoms with E-state index in [0.717, 1.165) is 24.3 Å². The largest absolute Gasteiger partial charge is 0.504 e. The second-order valence-electron chi connectivity index (χ2n) is 6.10. The van der Waals surface area contributed by atoms with E-state index in [2.05, 4.69) is 0 Å². The molecule has 4 atom stereocenters. The number of carboxylic acid groups (broad SMARTS) is 1. The van der Waals surface area contributed by atoms with Gasteiger partial charge in [0.25, 0.3) is 0 Å². The smallest absolute Gasteiger partial charge is 0.335 e. The summed E-state index contributed by atoms with van der Waals surface area (Å²) in [5.41, 5.74) is -5.01. The predicted octanol–water partition coefficient (Wildman–Crippen LogP) is -1.26. The summed E-state index contributed by atoms with van der Waals surface area (Å²) in [6.07, 6.45) is -3.60. The third-order valence-electron chi connectivity index (χ3n) is 4.21. The fourth-order valence-electron chi connectivity index (χ4n) is 2.75. The first-order chi connectivity index (χ1) is 11.5. The molecule has 1 fully saturated rings. The monoisotopic (exact) mass is 354 g/mol. The number of carbonyl (C=O) groups is 2. The molecule has 1 aromatic carbocycles. The molecule has 0 heterocycles. The van der Waals surface area contributed by atoms with Gasteiger partial charge in [-0.25, -0.2) is 4.79 Å². The average Bonchev–Trinajstić information content (AvgIpc) is 2.53. The van der Waals surface area contributed by atoms with Crippen LogP contribution in [0.3, 0.4) is 0 Å². The Hall–Kier alpha value is -2.46. The summed E-state index contributed by atoms with van der Waals surface area (Å²) in [5.74, 6) is -3.69. The van der Waals surface area contributed by atoms with Gasteiger partial charge in [-0.3, -0.25) is 4.79 Å². The molecule has 0 saturated heterocycles. The van der Waals surface area contributed by atoms with Gasteiger partial charge in [0, 0.05) is 12.8 Å². The Morgan fingerprint density at radius 3 is 2.32 bits per heavy atom. The van der Waals surface area contributed by atoms with Crippen molar-refractivity contribution in [3.63, 3.8) is 0 Å². The number of aliphatic carboxylic acids is 1. The molecular weight excluding hydrogens is 336 g/mol. The number of hydrogen-bond donors (Lipinski definition) is 7. The quantitative estimate of drug-likeness (QED) is 0.257. The molecule has 0 spiro atoms. The van der Waals surface area contributed by atoms with Crippen molar-refractivity contribution in [3.8, 4) is 11.5 Å². The molecule has 25 heavy (non-hydrogen) atoms. The second-order valence-corrected chi connectivity index (χ2v) is 6.10. The van der Waals surface area contributed by atoms with Crippen molar-refractivity contribution in [1.29, 1.82) is 0 Å². The van der Waals surface area contributed by atoms with Crippen LogP contribution in [0.15, 0.2) is 24.3 Å². The standard InChI is InChI=1S/C16H18O9/c17-9-3-1-8(5-10(9)18)2-4-12(20)16(25)7-15(24,14(22)23)6-11(19)13(16)21/h1-5,11,13,17-19,21,24-25H,6-7H2,(H,22,23)/b4-2+/t11-,13+,15?,16+/m1/s1. The van der Waals surface area contributed by atoms with Gasteiger partial charge in [0.1, 0.15) is 6.10 Å². The average molecular weight is 354 g/mol. The Kier molecular flexibility index (Phi) is 4.87. The molecule has 1 aliphatic rings. The summed E-state index contributed by atoms with van der Waals surface area (Å²) in [5, 5.41) is 67.7. The molecule has 1 unspecified atom stereocenters. The fraction of sp³-hybridized carbons (Fsp3) is 0.375. The topological polar surface area (TPSA) is 176 Å². The van der Waals surface area contributed by atoms with Crippen LogP contribution in [0.2, 0.25) is 0 Å². The van der Waals surface area contributed by atoms with Gasteiger partial charge in [-0.05, 0) is 23.8 Å². The molecule has 9 heteroatoms. The maximum atomic E-state index is 12.3. The molecule has 1 saturated carbocycles. The second kappa shape index (κ2) is 6.45. The minimum atomic E-state index is -2.71. The van der Waals surface area contributed by atoms with Crippen LogP contribution in [-0.2, 0) is 9.59 Å². The first-order valence-corrected chi connectivity index (χ1v) is 7.28. The van der Waals surface area contributed by atoms with Gasteiger partial charge in [-0.1, -0.05) is 12.1 Å². The summed E-state index contributed by atoms with van der Waals surface area (Å²) in [7, 11) is 0. The number of carboxylic acids is 1. The summed E-state index contributed by atoms with van der Waals surface area (Å²) < 4.78 is 0. The van der Waals surface area contributed by atoms with Gasteiger partial charge < -0.3 is 35.7 Å². The number of carbonyl (C=O) groups excluding carboxylic acids is 1. The van der Waals surface area contributed by atoms with E-state index in [-0.39, 0.29) is 11.3 Å². The fourth-order valence-corrected chi connectivity index (χ4v) is 2.75. The molecule has 2 rings (SSSR count). The number of rotatable bonds is 4. The molecule has 0 radical (unpaired) electrons. The lowest BCUT2D eigenvalue weighted by atomic mass is 9.70. The Morgan fingerprint density at radius 1 is 1.12 bits per heavy atom.